The molecule has 1 aromatic rings. The molecule has 1 rings (SSSR count). The summed E-state index contributed by atoms with van der Waals surface area (Å²) in [6.07, 6.45) is 0. The van der Waals surface area contributed by atoms with Crippen LogP contribution in [0.5, 0.6) is 5.75 Å². The van der Waals surface area contributed by atoms with E-state index in [1.165, 1.54) is 7.11 Å². The van der Waals surface area contributed by atoms with Gasteiger partial charge in [0.1, 0.15) is 5.75 Å². The Balaban J connectivity index is 2.92. The van der Waals surface area contributed by atoms with Crippen molar-refractivity contribution in [2.45, 2.75) is 19.9 Å². The molecular formula is C13H17ClINO2. The second kappa shape index (κ2) is 7.19. The fourth-order valence-corrected chi connectivity index (χ4v) is 2.90. The quantitative estimate of drug-likeness (QED) is 0.626. The number of hydrogen-bond donors (Lipinski definition) is 1. The maximum Gasteiger partial charge on any atom is 0.255 e. The molecule has 1 unspecified atom stereocenters. The zero-order valence-electron chi connectivity index (χ0n) is 10.7. The Bertz CT molecular complexity index is 423. The van der Waals surface area contributed by atoms with Crippen molar-refractivity contribution >= 4 is 40.1 Å². The Morgan fingerprint density at radius 2 is 2.17 bits per heavy atom. The Kier molecular flexibility index (Phi) is 6.21. The number of methoxy groups -OCH3 is 1. The number of benzene rings is 1. The first-order valence-electron chi connectivity index (χ1n) is 5.70. The number of carbonyl (C=O) groups is 1. The van der Waals surface area contributed by atoms with E-state index in [0.29, 0.717) is 22.3 Å². The van der Waals surface area contributed by atoms with Crippen molar-refractivity contribution in [1.82, 2.24) is 5.32 Å². The lowest BCUT2D eigenvalue weighted by Gasteiger charge is -2.20. The molecule has 3 nitrogen and oxygen atoms in total. The summed E-state index contributed by atoms with van der Waals surface area (Å²) in [5.74, 6) is 0.772. The highest BCUT2D eigenvalue weighted by atomic mass is 127. The van der Waals surface area contributed by atoms with Crippen LogP contribution in [0.25, 0.3) is 0 Å². The number of hydrogen-bond acceptors (Lipinski definition) is 2. The highest BCUT2D eigenvalue weighted by Crippen LogP contribution is 2.23. The van der Waals surface area contributed by atoms with Crippen LogP contribution in [-0.4, -0.2) is 23.5 Å². The predicted molar refractivity (Wildman–Crippen MR) is 83.0 cm³/mol. The minimum Gasteiger partial charge on any atom is -0.496 e. The van der Waals surface area contributed by atoms with E-state index in [9.17, 15) is 4.79 Å². The van der Waals surface area contributed by atoms with Gasteiger partial charge in [-0.05, 0) is 24.1 Å². The van der Waals surface area contributed by atoms with Gasteiger partial charge in [0.25, 0.3) is 5.91 Å². The first-order chi connectivity index (χ1) is 8.49. The van der Waals surface area contributed by atoms with Crippen LogP contribution in [0, 0.1) is 5.92 Å². The van der Waals surface area contributed by atoms with E-state index in [2.05, 4.69) is 41.8 Å². The van der Waals surface area contributed by atoms with E-state index in [4.69, 9.17) is 16.3 Å². The fraction of sp³-hybridized carbons (Fsp3) is 0.462. The summed E-state index contributed by atoms with van der Waals surface area (Å²) < 4.78 is 6.04. The van der Waals surface area contributed by atoms with Crippen LogP contribution in [0.15, 0.2) is 18.2 Å². The van der Waals surface area contributed by atoms with Crippen LogP contribution in [0.4, 0.5) is 0 Å². The van der Waals surface area contributed by atoms with E-state index in [1.807, 2.05) is 0 Å². The minimum absolute atomic E-state index is 0.141. The van der Waals surface area contributed by atoms with Gasteiger partial charge >= 0.3 is 0 Å². The average Bonchev–Trinajstić information content (AvgIpc) is 2.35. The zero-order chi connectivity index (χ0) is 13.7. The lowest BCUT2D eigenvalue weighted by Crippen LogP contribution is -2.39. The van der Waals surface area contributed by atoms with Crippen molar-refractivity contribution in [3.8, 4) is 5.75 Å². The molecule has 18 heavy (non-hydrogen) atoms. The van der Waals surface area contributed by atoms with Crippen LogP contribution in [-0.2, 0) is 0 Å². The average molecular weight is 382 g/mol. The molecule has 5 heteroatoms. The molecule has 1 amide bonds. The molecule has 0 bridgehead atoms. The van der Waals surface area contributed by atoms with Gasteiger partial charge in [0.15, 0.2) is 0 Å². The van der Waals surface area contributed by atoms with Gasteiger partial charge in [0, 0.05) is 15.5 Å². The van der Waals surface area contributed by atoms with Crippen LogP contribution >= 0.6 is 34.2 Å². The normalized spacial score (nSPS) is 12.3. The van der Waals surface area contributed by atoms with Gasteiger partial charge in [-0.1, -0.05) is 48.0 Å². The van der Waals surface area contributed by atoms with Gasteiger partial charge in [-0.15, -0.1) is 0 Å². The standard InChI is InChI=1S/C13H17ClINO2/c1-8(2)11(7-15)16-13(17)10-6-9(14)4-5-12(10)18-3/h4-6,8,11H,7H2,1-3H3,(H,16,17). The molecule has 0 aliphatic heterocycles. The van der Waals surface area contributed by atoms with Gasteiger partial charge in [-0.3, -0.25) is 4.79 Å². The maximum absolute atomic E-state index is 12.2. The number of nitrogens with one attached hydrogen (secondary N) is 1. The zero-order valence-corrected chi connectivity index (χ0v) is 13.6. The smallest absolute Gasteiger partial charge is 0.255 e. The van der Waals surface area contributed by atoms with E-state index in [1.54, 1.807) is 18.2 Å². The first kappa shape index (κ1) is 15.6. The molecular weight excluding hydrogens is 365 g/mol. The van der Waals surface area contributed by atoms with E-state index >= 15 is 0 Å². The Hall–Kier alpha value is -0.490. The minimum atomic E-state index is -0.148. The van der Waals surface area contributed by atoms with Crippen molar-refractivity contribution in [2.24, 2.45) is 5.92 Å². The number of ether oxygens (including phenoxy) is 1. The molecule has 0 heterocycles. The topological polar surface area (TPSA) is 38.3 Å². The molecule has 1 aromatic carbocycles. The maximum atomic E-state index is 12.2. The number of alkyl halides is 1. The molecule has 100 valence electrons. The van der Waals surface area contributed by atoms with E-state index in [-0.39, 0.29) is 11.9 Å². The molecule has 0 aliphatic rings. The van der Waals surface area contributed by atoms with Crippen LogP contribution in [0.1, 0.15) is 24.2 Å². The number of rotatable bonds is 5. The van der Waals surface area contributed by atoms with Gasteiger partial charge in [-0.2, -0.15) is 0 Å². The highest BCUT2D eigenvalue weighted by molar-refractivity contribution is 14.1. The van der Waals surface area contributed by atoms with Crippen molar-refractivity contribution in [1.29, 1.82) is 0 Å². The molecule has 0 saturated heterocycles. The summed E-state index contributed by atoms with van der Waals surface area (Å²) in [5.41, 5.74) is 0.473. The molecule has 0 saturated carbocycles. The lowest BCUT2D eigenvalue weighted by molar-refractivity contribution is 0.0929. The van der Waals surface area contributed by atoms with Crippen molar-refractivity contribution in [3.05, 3.63) is 28.8 Å². The molecule has 0 fully saturated rings. The summed E-state index contributed by atoms with van der Waals surface area (Å²) in [6.45, 7) is 4.16. The second-order valence-electron chi connectivity index (χ2n) is 4.32. The highest BCUT2D eigenvalue weighted by Gasteiger charge is 2.18. The molecule has 0 aliphatic carbocycles. The second-order valence-corrected chi connectivity index (χ2v) is 5.64. The molecule has 0 spiro atoms. The van der Waals surface area contributed by atoms with Gasteiger partial charge in [0.2, 0.25) is 0 Å². The van der Waals surface area contributed by atoms with Crippen molar-refractivity contribution in [2.75, 3.05) is 11.5 Å². The number of carbonyl (C=O) groups excluding carboxylic acids is 1. The largest absolute Gasteiger partial charge is 0.496 e. The Morgan fingerprint density at radius 3 is 2.67 bits per heavy atom. The molecule has 0 radical (unpaired) electrons. The summed E-state index contributed by atoms with van der Waals surface area (Å²) in [5, 5.41) is 3.52. The van der Waals surface area contributed by atoms with Crippen LogP contribution in [0.2, 0.25) is 5.02 Å². The summed E-state index contributed by atoms with van der Waals surface area (Å²) in [7, 11) is 1.54. The number of amides is 1. The molecule has 1 atom stereocenters. The Labute approximate surface area is 126 Å². The molecule has 1 N–H and O–H groups in total. The lowest BCUT2D eigenvalue weighted by atomic mass is 10.1. The fourth-order valence-electron chi connectivity index (χ4n) is 1.49. The van der Waals surface area contributed by atoms with Gasteiger partial charge in [0.05, 0.1) is 12.7 Å². The van der Waals surface area contributed by atoms with Crippen molar-refractivity contribution in [3.63, 3.8) is 0 Å². The summed E-state index contributed by atoms with van der Waals surface area (Å²) in [6, 6.07) is 5.17. The third-order valence-electron chi connectivity index (χ3n) is 2.69. The van der Waals surface area contributed by atoms with E-state index < -0.39 is 0 Å². The van der Waals surface area contributed by atoms with Crippen LogP contribution < -0.4 is 10.1 Å². The van der Waals surface area contributed by atoms with Gasteiger partial charge in [-0.25, -0.2) is 0 Å². The van der Waals surface area contributed by atoms with Crippen LogP contribution in [0.3, 0.4) is 0 Å². The monoisotopic (exact) mass is 381 g/mol. The predicted octanol–water partition coefficient (Wildman–Crippen LogP) is 3.54. The van der Waals surface area contributed by atoms with E-state index in [0.717, 1.165) is 4.43 Å². The Morgan fingerprint density at radius 1 is 1.50 bits per heavy atom. The third kappa shape index (κ3) is 4.02. The van der Waals surface area contributed by atoms with Gasteiger partial charge < -0.3 is 10.1 Å². The third-order valence-corrected chi connectivity index (χ3v) is 3.88. The number of halogens is 2. The summed E-state index contributed by atoms with van der Waals surface area (Å²) in [4.78, 5) is 12.2. The summed E-state index contributed by atoms with van der Waals surface area (Å²) >= 11 is 8.18. The molecule has 0 aromatic heterocycles. The first-order valence-corrected chi connectivity index (χ1v) is 7.60. The SMILES string of the molecule is COc1ccc(Cl)cc1C(=O)NC(CI)C(C)C. The van der Waals surface area contributed by atoms with Crippen molar-refractivity contribution < 1.29 is 9.53 Å².